The van der Waals surface area contributed by atoms with E-state index in [1.165, 1.54) is 29.7 Å². The summed E-state index contributed by atoms with van der Waals surface area (Å²) in [5, 5.41) is 2.10. The molecule has 5 heteroatoms. The number of aryl methyl sites for hydroxylation is 2. The molecule has 4 nitrogen and oxygen atoms in total. The van der Waals surface area contributed by atoms with Crippen LogP contribution in [-0.2, 0) is 39.4 Å². The first-order valence-electron chi connectivity index (χ1n) is 14.5. The molecule has 4 aromatic heterocycles. The number of hydrogen-bond acceptors (Lipinski definition) is 4. The Morgan fingerprint density at radius 2 is 1.53 bits per heavy atom. The van der Waals surface area contributed by atoms with Crippen LogP contribution in [0.1, 0.15) is 35.4 Å². The number of aromatic nitrogens is 3. The summed E-state index contributed by atoms with van der Waals surface area (Å²) >= 11 is 0. The zero-order valence-corrected chi connectivity index (χ0v) is 26.0. The SMILES string of the molecule is [Ir].[c-]1ccc2c(oc3nc(Cc4ccccc4)ccc32)c1-c1ccc2c(n1)CCCC2.[c-]1ccccc1-c1ccccn1. The molecule has 0 aliphatic heterocycles. The summed E-state index contributed by atoms with van der Waals surface area (Å²) < 4.78 is 6.28. The topological polar surface area (TPSA) is 51.8 Å². The summed E-state index contributed by atoms with van der Waals surface area (Å²) in [7, 11) is 0. The molecule has 0 saturated carbocycles. The van der Waals surface area contributed by atoms with Gasteiger partial charge in [-0.2, -0.15) is 0 Å². The van der Waals surface area contributed by atoms with Gasteiger partial charge in [-0.05, 0) is 66.4 Å². The first-order valence-corrected chi connectivity index (χ1v) is 14.5. The van der Waals surface area contributed by atoms with Crippen molar-refractivity contribution in [2.24, 2.45) is 0 Å². The van der Waals surface area contributed by atoms with Crippen molar-refractivity contribution in [3.05, 3.63) is 150 Å². The molecule has 1 aliphatic rings. The Bertz CT molecular complexity index is 1920. The average Bonchev–Trinajstić information content (AvgIpc) is 3.44. The van der Waals surface area contributed by atoms with Crippen molar-refractivity contribution < 1.29 is 24.5 Å². The summed E-state index contributed by atoms with van der Waals surface area (Å²) in [6.07, 6.45) is 7.25. The minimum Gasteiger partial charge on any atom is -0.486 e. The summed E-state index contributed by atoms with van der Waals surface area (Å²) in [5.41, 5.74) is 10.2. The quantitative estimate of drug-likeness (QED) is 0.170. The number of hydrogen-bond donors (Lipinski definition) is 0. The zero-order valence-electron chi connectivity index (χ0n) is 23.6. The van der Waals surface area contributed by atoms with Crippen molar-refractivity contribution in [1.82, 2.24) is 15.0 Å². The number of benzene rings is 3. The van der Waals surface area contributed by atoms with E-state index in [1.54, 1.807) is 6.20 Å². The molecule has 3 aromatic carbocycles. The fraction of sp³-hybridized carbons (Fsp3) is 0.132. The largest absolute Gasteiger partial charge is 0.486 e. The molecule has 0 saturated heterocycles. The number of fused-ring (bicyclic) bond motifs is 4. The van der Waals surface area contributed by atoms with Crippen LogP contribution in [0.4, 0.5) is 0 Å². The van der Waals surface area contributed by atoms with Crippen molar-refractivity contribution in [1.29, 1.82) is 0 Å². The van der Waals surface area contributed by atoms with E-state index >= 15 is 0 Å². The molecule has 213 valence electrons. The Labute approximate surface area is 265 Å². The van der Waals surface area contributed by atoms with Gasteiger partial charge in [-0.15, -0.1) is 54.1 Å². The number of pyridine rings is 3. The third-order valence-electron chi connectivity index (χ3n) is 7.67. The Balaban J connectivity index is 0.000000213. The van der Waals surface area contributed by atoms with E-state index in [0.717, 1.165) is 63.8 Å². The Kier molecular flexibility index (Phi) is 8.83. The maximum atomic E-state index is 6.28. The van der Waals surface area contributed by atoms with Crippen molar-refractivity contribution in [3.8, 4) is 22.5 Å². The van der Waals surface area contributed by atoms with Crippen LogP contribution in [0, 0.1) is 12.1 Å². The van der Waals surface area contributed by atoms with Crippen LogP contribution in [0.5, 0.6) is 0 Å². The van der Waals surface area contributed by atoms with Crippen LogP contribution in [0.25, 0.3) is 44.6 Å². The van der Waals surface area contributed by atoms with Gasteiger partial charge in [0.15, 0.2) is 0 Å². The number of rotatable bonds is 4. The van der Waals surface area contributed by atoms with Gasteiger partial charge in [-0.25, -0.2) is 4.98 Å². The smallest absolute Gasteiger partial charge is 0.216 e. The monoisotopic (exact) mass is 736 g/mol. The van der Waals surface area contributed by atoms with Gasteiger partial charge in [-0.3, -0.25) is 0 Å². The van der Waals surface area contributed by atoms with Crippen molar-refractivity contribution in [2.75, 3.05) is 0 Å². The molecular formula is C38H29IrN3O-2. The maximum absolute atomic E-state index is 6.28. The van der Waals surface area contributed by atoms with Gasteiger partial charge in [0, 0.05) is 49.5 Å². The fourth-order valence-electron chi connectivity index (χ4n) is 5.55. The molecule has 4 heterocycles. The van der Waals surface area contributed by atoms with Gasteiger partial charge in [0.1, 0.15) is 0 Å². The summed E-state index contributed by atoms with van der Waals surface area (Å²) in [6, 6.07) is 43.2. The predicted molar refractivity (Wildman–Crippen MR) is 168 cm³/mol. The van der Waals surface area contributed by atoms with E-state index in [0.29, 0.717) is 5.71 Å². The molecule has 0 spiro atoms. The molecule has 0 N–H and O–H groups in total. The molecule has 0 bridgehead atoms. The molecule has 0 unspecified atom stereocenters. The van der Waals surface area contributed by atoms with Crippen molar-refractivity contribution in [2.45, 2.75) is 32.1 Å². The van der Waals surface area contributed by atoms with Crippen LogP contribution in [0.2, 0.25) is 0 Å². The summed E-state index contributed by atoms with van der Waals surface area (Å²) in [6.45, 7) is 0. The minimum absolute atomic E-state index is 0. The molecule has 0 fully saturated rings. The number of furan rings is 1. The first-order chi connectivity index (χ1) is 20.8. The van der Waals surface area contributed by atoms with E-state index in [2.05, 4.69) is 71.7 Å². The second kappa shape index (κ2) is 13.2. The molecule has 1 aliphatic carbocycles. The minimum atomic E-state index is 0. The molecular weight excluding hydrogens is 707 g/mol. The van der Waals surface area contributed by atoms with Gasteiger partial charge in [0.05, 0.1) is 5.58 Å². The predicted octanol–water partition coefficient (Wildman–Crippen LogP) is 8.86. The van der Waals surface area contributed by atoms with E-state index in [-0.39, 0.29) is 20.1 Å². The van der Waals surface area contributed by atoms with Crippen LogP contribution >= 0.6 is 0 Å². The second-order valence-corrected chi connectivity index (χ2v) is 10.5. The van der Waals surface area contributed by atoms with E-state index in [9.17, 15) is 0 Å². The van der Waals surface area contributed by atoms with E-state index in [4.69, 9.17) is 14.4 Å². The fourth-order valence-corrected chi connectivity index (χ4v) is 5.55. The van der Waals surface area contributed by atoms with Crippen LogP contribution in [0.15, 0.2) is 120 Å². The Hall–Kier alpha value is -4.44. The Morgan fingerprint density at radius 3 is 2.37 bits per heavy atom. The van der Waals surface area contributed by atoms with Crippen LogP contribution < -0.4 is 0 Å². The summed E-state index contributed by atoms with van der Waals surface area (Å²) in [5.74, 6) is 0. The molecule has 0 atom stereocenters. The normalized spacial score (nSPS) is 12.2. The molecule has 7 aromatic rings. The molecule has 0 amide bonds. The van der Waals surface area contributed by atoms with Crippen molar-refractivity contribution in [3.63, 3.8) is 0 Å². The van der Waals surface area contributed by atoms with E-state index < -0.39 is 0 Å². The van der Waals surface area contributed by atoms with Gasteiger partial charge in [0.2, 0.25) is 5.71 Å². The third-order valence-corrected chi connectivity index (χ3v) is 7.67. The van der Waals surface area contributed by atoms with Gasteiger partial charge >= 0.3 is 0 Å². The van der Waals surface area contributed by atoms with Crippen LogP contribution in [0.3, 0.4) is 0 Å². The second-order valence-electron chi connectivity index (χ2n) is 10.5. The Morgan fingerprint density at radius 1 is 0.674 bits per heavy atom. The molecule has 8 rings (SSSR count). The zero-order chi connectivity index (χ0) is 28.1. The van der Waals surface area contributed by atoms with Gasteiger partial charge in [-0.1, -0.05) is 65.5 Å². The maximum Gasteiger partial charge on any atom is 0.216 e. The molecule has 1 radical (unpaired) electrons. The summed E-state index contributed by atoms with van der Waals surface area (Å²) in [4.78, 5) is 14.0. The van der Waals surface area contributed by atoms with Crippen molar-refractivity contribution >= 4 is 22.1 Å². The van der Waals surface area contributed by atoms with Gasteiger partial charge in [0.25, 0.3) is 0 Å². The van der Waals surface area contributed by atoms with Crippen LogP contribution in [-0.4, -0.2) is 15.0 Å². The standard InChI is InChI=1S/C27H21N2O.C11H8N.Ir/c1-2-7-18(8-3-1)17-20-14-15-22-21-10-6-11-23(26(21)30-27(22)28-20)25-16-13-19-9-4-5-12-24(19)29-25;1-2-6-10(7-3-1)11-8-4-5-9-12-11;/h1-3,6-8,10,13-16H,4-5,9,12,17H2;1-6,8-9H;/q2*-1;. The third kappa shape index (κ3) is 6.34. The number of nitrogens with zero attached hydrogens (tertiary/aromatic N) is 3. The van der Waals surface area contributed by atoms with Gasteiger partial charge < -0.3 is 14.4 Å². The molecule has 43 heavy (non-hydrogen) atoms. The average molecular weight is 736 g/mol. The van der Waals surface area contributed by atoms with E-state index in [1.807, 2.05) is 54.6 Å². The first kappa shape index (κ1) is 28.7.